The second kappa shape index (κ2) is 7.37. The molecule has 0 aliphatic carbocycles. The maximum atomic E-state index is 12.3. The van der Waals surface area contributed by atoms with Crippen LogP contribution in [0.4, 0.5) is 5.95 Å². The van der Waals surface area contributed by atoms with Gasteiger partial charge in [-0.1, -0.05) is 41.4 Å². The summed E-state index contributed by atoms with van der Waals surface area (Å²) in [5, 5.41) is 11.1. The van der Waals surface area contributed by atoms with E-state index >= 15 is 0 Å². The average molecular weight is 396 g/mol. The molecule has 1 aliphatic heterocycles. The van der Waals surface area contributed by atoms with Gasteiger partial charge in [0, 0.05) is 22.9 Å². The summed E-state index contributed by atoms with van der Waals surface area (Å²) >= 11 is 6.31. The number of aryl methyl sites for hydroxylation is 3. The lowest BCUT2D eigenvalue weighted by atomic mass is 10.0. The van der Waals surface area contributed by atoms with Gasteiger partial charge in [-0.3, -0.25) is 10.1 Å². The summed E-state index contributed by atoms with van der Waals surface area (Å²) in [6, 6.07) is 11.6. The number of fused-ring (bicyclic) bond motifs is 1. The Morgan fingerprint density at radius 3 is 2.71 bits per heavy atom. The number of carbonyl (C=O) groups is 1. The number of hydrogen-bond acceptors (Lipinski definition) is 5. The minimum atomic E-state index is -0.495. The zero-order chi connectivity index (χ0) is 19.8. The third-order valence-corrected chi connectivity index (χ3v) is 5.29. The SMILES string of the molecule is Cc1cc(C)c2nc(NC3NC(=O)CC(c4ccccc4Cl)N3)nc(C)c2c1. The minimum Gasteiger partial charge on any atom is -0.323 e. The summed E-state index contributed by atoms with van der Waals surface area (Å²) < 4.78 is 0. The van der Waals surface area contributed by atoms with Crippen LogP contribution in [0.2, 0.25) is 5.02 Å². The highest BCUT2D eigenvalue weighted by Gasteiger charge is 2.28. The number of nitrogens with zero attached hydrogens (tertiary/aromatic N) is 2. The molecule has 2 heterocycles. The number of anilines is 1. The van der Waals surface area contributed by atoms with E-state index in [9.17, 15) is 4.79 Å². The summed E-state index contributed by atoms with van der Waals surface area (Å²) in [5.74, 6) is 0.403. The van der Waals surface area contributed by atoms with Crippen molar-refractivity contribution in [2.75, 3.05) is 5.32 Å². The summed E-state index contributed by atoms with van der Waals surface area (Å²) in [5.41, 5.74) is 4.97. The van der Waals surface area contributed by atoms with Gasteiger partial charge in [0.2, 0.25) is 11.9 Å². The smallest absolute Gasteiger partial charge is 0.226 e. The first-order valence-electron chi connectivity index (χ1n) is 9.22. The zero-order valence-corrected chi connectivity index (χ0v) is 16.8. The molecule has 3 aromatic rings. The zero-order valence-electron chi connectivity index (χ0n) is 16.0. The average Bonchev–Trinajstić information content (AvgIpc) is 2.63. The maximum Gasteiger partial charge on any atom is 0.226 e. The largest absolute Gasteiger partial charge is 0.323 e. The van der Waals surface area contributed by atoms with E-state index in [0.29, 0.717) is 17.4 Å². The Balaban J connectivity index is 1.61. The van der Waals surface area contributed by atoms with Crippen molar-refractivity contribution >= 4 is 34.4 Å². The van der Waals surface area contributed by atoms with Gasteiger partial charge in [0.1, 0.15) is 0 Å². The number of rotatable bonds is 3. The van der Waals surface area contributed by atoms with Crippen molar-refractivity contribution in [3.63, 3.8) is 0 Å². The second-order valence-corrected chi connectivity index (χ2v) is 7.61. The van der Waals surface area contributed by atoms with Crippen LogP contribution in [0.15, 0.2) is 36.4 Å². The van der Waals surface area contributed by atoms with Gasteiger partial charge in [0.25, 0.3) is 0 Å². The Morgan fingerprint density at radius 2 is 1.93 bits per heavy atom. The highest BCUT2D eigenvalue weighted by Crippen LogP contribution is 2.27. The Labute approximate surface area is 168 Å². The molecular formula is C21H22ClN5O. The van der Waals surface area contributed by atoms with E-state index in [1.165, 1.54) is 5.56 Å². The predicted molar refractivity (Wildman–Crippen MR) is 111 cm³/mol. The molecule has 1 aliphatic rings. The second-order valence-electron chi connectivity index (χ2n) is 7.20. The van der Waals surface area contributed by atoms with Crippen LogP contribution < -0.4 is 16.0 Å². The van der Waals surface area contributed by atoms with Gasteiger partial charge in [-0.15, -0.1) is 0 Å². The Morgan fingerprint density at radius 1 is 1.14 bits per heavy atom. The van der Waals surface area contributed by atoms with Gasteiger partial charge >= 0.3 is 0 Å². The van der Waals surface area contributed by atoms with Crippen LogP contribution in [0.5, 0.6) is 0 Å². The van der Waals surface area contributed by atoms with Crippen LogP contribution >= 0.6 is 11.6 Å². The molecule has 2 atom stereocenters. The summed E-state index contributed by atoms with van der Waals surface area (Å²) in [4.78, 5) is 21.5. The molecule has 0 spiro atoms. The van der Waals surface area contributed by atoms with Gasteiger partial charge in [0.15, 0.2) is 6.29 Å². The van der Waals surface area contributed by atoms with Gasteiger partial charge in [-0.05, 0) is 44.0 Å². The molecule has 3 N–H and O–H groups in total. The van der Waals surface area contributed by atoms with Gasteiger partial charge in [-0.2, -0.15) is 0 Å². The van der Waals surface area contributed by atoms with Gasteiger partial charge in [-0.25, -0.2) is 9.97 Å². The number of halogens is 1. The van der Waals surface area contributed by atoms with Crippen LogP contribution in [-0.2, 0) is 4.79 Å². The molecule has 1 amide bonds. The molecule has 0 bridgehead atoms. The number of benzene rings is 2. The molecule has 7 heteroatoms. The van der Waals surface area contributed by atoms with Crippen LogP contribution in [0.25, 0.3) is 10.9 Å². The number of carbonyl (C=O) groups excluding carboxylic acids is 1. The molecule has 6 nitrogen and oxygen atoms in total. The van der Waals surface area contributed by atoms with E-state index in [4.69, 9.17) is 11.6 Å². The molecule has 28 heavy (non-hydrogen) atoms. The first kappa shape index (κ1) is 18.7. The summed E-state index contributed by atoms with van der Waals surface area (Å²) in [6.45, 7) is 6.07. The van der Waals surface area contributed by atoms with Crippen LogP contribution in [0.3, 0.4) is 0 Å². The monoisotopic (exact) mass is 395 g/mol. The number of amides is 1. The van der Waals surface area contributed by atoms with Gasteiger partial charge < -0.3 is 10.6 Å². The first-order valence-corrected chi connectivity index (χ1v) is 9.60. The minimum absolute atomic E-state index is 0.0644. The third-order valence-electron chi connectivity index (χ3n) is 4.94. The fraction of sp³-hybridized carbons (Fsp3) is 0.286. The lowest BCUT2D eigenvalue weighted by Crippen LogP contribution is -2.57. The lowest BCUT2D eigenvalue weighted by molar-refractivity contribution is -0.124. The molecule has 0 saturated carbocycles. The van der Waals surface area contributed by atoms with E-state index in [1.54, 1.807) is 0 Å². The molecule has 4 rings (SSSR count). The standard InChI is InChI=1S/C21H22ClN5O/c1-11-8-12(2)19-15(9-11)13(3)23-20(26-19)27-21-24-17(10-18(28)25-21)14-6-4-5-7-16(14)22/h4-9,17,21,24H,10H2,1-3H3,(H,25,28)(H,23,26,27). The normalized spacial score (nSPS) is 19.5. The lowest BCUT2D eigenvalue weighted by Gasteiger charge is -2.32. The van der Waals surface area contributed by atoms with E-state index in [-0.39, 0.29) is 11.9 Å². The van der Waals surface area contributed by atoms with E-state index in [2.05, 4.69) is 45.0 Å². The van der Waals surface area contributed by atoms with Crippen LogP contribution in [0, 0.1) is 20.8 Å². The van der Waals surface area contributed by atoms with Crippen molar-refractivity contribution in [1.29, 1.82) is 0 Å². The van der Waals surface area contributed by atoms with Crippen molar-refractivity contribution in [3.8, 4) is 0 Å². The Hall–Kier alpha value is -2.70. The van der Waals surface area contributed by atoms with Crippen molar-refractivity contribution in [1.82, 2.24) is 20.6 Å². The maximum absolute atomic E-state index is 12.3. The molecular weight excluding hydrogens is 374 g/mol. The molecule has 2 unspecified atom stereocenters. The third kappa shape index (κ3) is 3.66. The Bertz CT molecular complexity index is 1070. The van der Waals surface area contributed by atoms with Gasteiger partial charge in [0.05, 0.1) is 11.2 Å². The predicted octanol–water partition coefficient (Wildman–Crippen LogP) is 3.75. The van der Waals surface area contributed by atoms with Crippen molar-refractivity contribution in [3.05, 3.63) is 63.8 Å². The van der Waals surface area contributed by atoms with E-state index < -0.39 is 6.29 Å². The van der Waals surface area contributed by atoms with Crippen LogP contribution in [-0.4, -0.2) is 22.2 Å². The summed E-state index contributed by atoms with van der Waals surface area (Å²) in [7, 11) is 0. The van der Waals surface area contributed by atoms with Crippen molar-refractivity contribution in [2.45, 2.75) is 39.5 Å². The van der Waals surface area contributed by atoms with Crippen molar-refractivity contribution < 1.29 is 4.79 Å². The number of aromatic nitrogens is 2. The molecule has 1 aromatic heterocycles. The highest BCUT2D eigenvalue weighted by molar-refractivity contribution is 6.31. The summed E-state index contributed by atoms with van der Waals surface area (Å²) in [6.07, 6.45) is -0.178. The molecule has 2 aromatic carbocycles. The molecule has 1 fully saturated rings. The fourth-order valence-corrected chi connectivity index (χ4v) is 3.94. The van der Waals surface area contributed by atoms with Crippen molar-refractivity contribution in [2.24, 2.45) is 0 Å². The first-order chi connectivity index (χ1) is 13.4. The molecule has 144 valence electrons. The Kier molecular flexibility index (Phi) is 4.91. The fourth-order valence-electron chi connectivity index (χ4n) is 3.67. The highest BCUT2D eigenvalue weighted by atomic mass is 35.5. The molecule has 1 saturated heterocycles. The van der Waals surface area contributed by atoms with E-state index in [1.807, 2.05) is 38.1 Å². The quantitative estimate of drug-likeness (QED) is 0.629. The topological polar surface area (TPSA) is 78.9 Å². The van der Waals surface area contributed by atoms with E-state index in [0.717, 1.165) is 27.7 Å². The number of hydrogen-bond donors (Lipinski definition) is 3. The molecule has 0 radical (unpaired) electrons. The van der Waals surface area contributed by atoms with Crippen LogP contribution in [0.1, 0.15) is 34.8 Å². The number of nitrogens with one attached hydrogen (secondary N) is 3.